The molecule has 2 N–H and O–H groups in total. The largest absolute Gasteiger partial charge is 0.348 e. The molecule has 3 rings (SSSR count). The molecule has 0 saturated heterocycles. The van der Waals surface area contributed by atoms with Crippen LogP contribution in [0.5, 0.6) is 0 Å². The lowest BCUT2D eigenvalue weighted by Gasteiger charge is -2.09. The van der Waals surface area contributed by atoms with Crippen molar-refractivity contribution in [2.45, 2.75) is 11.4 Å². The average molecular weight is 419 g/mol. The summed E-state index contributed by atoms with van der Waals surface area (Å²) in [6.07, 6.45) is 0. The Morgan fingerprint density at radius 1 is 0.893 bits per heavy atom. The third-order valence-corrected chi connectivity index (χ3v) is 5.54. The van der Waals surface area contributed by atoms with Crippen LogP contribution in [0.1, 0.15) is 15.9 Å². The first-order valence-corrected chi connectivity index (χ1v) is 10.1. The van der Waals surface area contributed by atoms with Gasteiger partial charge in [-0.15, -0.1) is 0 Å². The Hall–Kier alpha value is -2.90. The van der Waals surface area contributed by atoms with E-state index in [1.807, 2.05) is 0 Å². The molecule has 0 unspecified atom stereocenters. The van der Waals surface area contributed by atoms with Crippen molar-refractivity contribution < 1.29 is 17.6 Å². The van der Waals surface area contributed by atoms with Crippen LogP contribution in [0.4, 0.5) is 10.1 Å². The van der Waals surface area contributed by atoms with E-state index in [1.54, 1.807) is 36.4 Å². The number of anilines is 1. The lowest BCUT2D eigenvalue weighted by molar-refractivity contribution is 0.0951. The van der Waals surface area contributed by atoms with E-state index in [-0.39, 0.29) is 23.2 Å². The molecule has 1 amide bonds. The van der Waals surface area contributed by atoms with Gasteiger partial charge in [-0.05, 0) is 66.2 Å². The van der Waals surface area contributed by atoms with Crippen molar-refractivity contribution in [2.75, 3.05) is 4.72 Å². The van der Waals surface area contributed by atoms with Crippen molar-refractivity contribution in [1.82, 2.24) is 5.32 Å². The van der Waals surface area contributed by atoms with Gasteiger partial charge >= 0.3 is 0 Å². The number of amides is 1. The van der Waals surface area contributed by atoms with E-state index in [2.05, 4.69) is 10.0 Å². The van der Waals surface area contributed by atoms with Gasteiger partial charge in [0.2, 0.25) is 0 Å². The maximum atomic E-state index is 12.9. The van der Waals surface area contributed by atoms with Gasteiger partial charge in [-0.25, -0.2) is 12.8 Å². The Kier molecular flexibility index (Phi) is 5.96. The Morgan fingerprint density at radius 3 is 2.11 bits per heavy atom. The first kappa shape index (κ1) is 19.9. The summed E-state index contributed by atoms with van der Waals surface area (Å²) in [5, 5.41) is 3.20. The van der Waals surface area contributed by atoms with Gasteiger partial charge in [0.05, 0.1) is 4.90 Å². The smallest absolute Gasteiger partial charge is 0.261 e. The highest BCUT2D eigenvalue weighted by atomic mass is 35.5. The van der Waals surface area contributed by atoms with Crippen molar-refractivity contribution in [3.8, 4) is 0 Å². The molecule has 0 aliphatic heterocycles. The van der Waals surface area contributed by atoms with Gasteiger partial charge in [-0.2, -0.15) is 0 Å². The first-order valence-electron chi connectivity index (χ1n) is 8.24. The van der Waals surface area contributed by atoms with Crippen LogP contribution in [-0.2, 0) is 16.6 Å². The first-order chi connectivity index (χ1) is 13.3. The zero-order valence-corrected chi connectivity index (χ0v) is 16.1. The molecule has 0 saturated carbocycles. The minimum absolute atomic E-state index is 0.0255. The Bertz CT molecular complexity index is 1070. The van der Waals surface area contributed by atoms with Crippen molar-refractivity contribution in [1.29, 1.82) is 0 Å². The van der Waals surface area contributed by atoms with Gasteiger partial charge in [0, 0.05) is 22.8 Å². The minimum Gasteiger partial charge on any atom is -0.348 e. The lowest BCUT2D eigenvalue weighted by atomic mass is 10.2. The maximum Gasteiger partial charge on any atom is 0.261 e. The summed E-state index contributed by atoms with van der Waals surface area (Å²) in [6.45, 7) is 0.233. The van der Waals surface area contributed by atoms with Crippen LogP contribution in [0.25, 0.3) is 0 Å². The van der Waals surface area contributed by atoms with E-state index >= 15 is 0 Å². The van der Waals surface area contributed by atoms with Gasteiger partial charge in [0.25, 0.3) is 15.9 Å². The molecule has 5 nitrogen and oxygen atoms in total. The summed E-state index contributed by atoms with van der Waals surface area (Å²) in [5.41, 5.74) is 1.44. The van der Waals surface area contributed by atoms with Gasteiger partial charge in [0.15, 0.2) is 0 Å². The van der Waals surface area contributed by atoms with Crippen molar-refractivity contribution in [3.63, 3.8) is 0 Å². The minimum atomic E-state index is -3.79. The zero-order chi connectivity index (χ0) is 20.1. The number of benzene rings is 3. The van der Waals surface area contributed by atoms with Crippen LogP contribution in [0, 0.1) is 5.82 Å². The summed E-state index contributed by atoms with van der Waals surface area (Å²) >= 11 is 5.79. The van der Waals surface area contributed by atoms with E-state index in [9.17, 15) is 17.6 Å². The maximum absolute atomic E-state index is 12.9. The zero-order valence-electron chi connectivity index (χ0n) is 14.5. The number of hydrogen-bond acceptors (Lipinski definition) is 3. The SMILES string of the molecule is O=C(NCc1ccc(F)cc1)c1ccc(S(=O)(=O)Nc2ccc(Cl)cc2)cc1. The molecule has 0 aliphatic rings. The van der Waals surface area contributed by atoms with E-state index in [0.717, 1.165) is 5.56 Å². The quantitative estimate of drug-likeness (QED) is 0.629. The molecule has 0 aliphatic carbocycles. The molecular weight excluding hydrogens is 403 g/mol. The van der Waals surface area contributed by atoms with Crippen LogP contribution in [0.15, 0.2) is 77.7 Å². The molecule has 0 spiro atoms. The molecular formula is C20H16ClFN2O3S. The van der Waals surface area contributed by atoms with E-state index in [1.165, 1.54) is 36.4 Å². The normalized spacial score (nSPS) is 11.1. The van der Waals surface area contributed by atoms with E-state index in [0.29, 0.717) is 16.3 Å². The monoisotopic (exact) mass is 418 g/mol. The summed E-state index contributed by atoms with van der Waals surface area (Å²) in [6, 6.07) is 17.6. The summed E-state index contributed by atoms with van der Waals surface area (Å²) < 4.78 is 40.2. The summed E-state index contributed by atoms with van der Waals surface area (Å²) in [5.74, 6) is -0.710. The standard InChI is InChI=1S/C20H16ClFN2O3S/c21-16-5-9-18(10-6-16)24-28(26,27)19-11-3-15(4-12-19)20(25)23-13-14-1-7-17(22)8-2-14/h1-12,24H,13H2,(H,23,25). The number of nitrogens with one attached hydrogen (secondary N) is 2. The second kappa shape index (κ2) is 8.41. The van der Waals surface area contributed by atoms with Crippen LogP contribution >= 0.6 is 11.6 Å². The molecule has 0 bridgehead atoms. The average Bonchev–Trinajstić information content (AvgIpc) is 2.69. The van der Waals surface area contributed by atoms with E-state index < -0.39 is 10.0 Å². The van der Waals surface area contributed by atoms with Gasteiger partial charge < -0.3 is 5.32 Å². The Morgan fingerprint density at radius 2 is 1.50 bits per heavy atom. The topological polar surface area (TPSA) is 75.3 Å². The highest BCUT2D eigenvalue weighted by molar-refractivity contribution is 7.92. The van der Waals surface area contributed by atoms with Crippen LogP contribution in [0.2, 0.25) is 5.02 Å². The fraction of sp³-hybridized carbons (Fsp3) is 0.0500. The van der Waals surface area contributed by atoms with Crippen LogP contribution in [0.3, 0.4) is 0 Å². The van der Waals surface area contributed by atoms with Crippen LogP contribution < -0.4 is 10.0 Å². The molecule has 0 radical (unpaired) electrons. The van der Waals surface area contributed by atoms with Gasteiger partial charge in [0.1, 0.15) is 5.82 Å². The predicted octanol–water partition coefficient (Wildman–Crippen LogP) is 4.21. The fourth-order valence-corrected chi connectivity index (χ4v) is 3.59. The molecule has 144 valence electrons. The molecule has 28 heavy (non-hydrogen) atoms. The molecule has 0 fully saturated rings. The number of rotatable bonds is 6. The van der Waals surface area contributed by atoms with Crippen LogP contribution in [-0.4, -0.2) is 14.3 Å². The molecule has 0 heterocycles. The van der Waals surface area contributed by atoms with Crippen molar-refractivity contribution >= 4 is 33.2 Å². The highest BCUT2D eigenvalue weighted by Gasteiger charge is 2.15. The number of carbonyl (C=O) groups is 1. The molecule has 3 aromatic carbocycles. The fourth-order valence-electron chi connectivity index (χ4n) is 2.40. The van der Waals surface area contributed by atoms with Gasteiger partial charge in [-0.3, -0.25) is 9.52 Å². The third kappa shape index (κ3) is 5.09. The second-order valence-corrected chi connectivity index (χ2v) is 8.06. The Labute approximate surface area is 167 Å². The van der Waals surface area contributed by atoms with Gasteiger partial charge in [-0.1, -0.05) is 23.7 Å². The number of halogens is 2. The van der Waals surface area contributed by atoms with Crippen molar-refractivity contribution in [3.05, 3.63) is 94.8 Å². The molecule has 0 atom stereocenters. The predicted molar refractivity (Wildman–Crippen MR) is 106 cm³/mol. The second-order valence-electron chi connectivity index (χ2n) is 5.95. The molecule has 0 aromatic heterocycles. The molecule has 3 aromatic rings. The Balaban J connectivity index is 1.65. The number of carbonyl (C=O) groups excluding carboxylic acids is 1. The third-order valence-electron chi connectivity index (χ3n) is 3.89. The summed E-state index contributed by atoms with van der Waals surface area (Å²) in [4.78, 5) is 12.2. The summed E-state index contributed by atoms with van der Waals surface area (Å²) in [7, 11) is -3.79. The lowest BCUT2D eigenvalue weighted by Crippen LogP contribution is -2.23. The number of sulfonamides is 1. The highest BCUT2D eigenvalue weighted by Crippen LogP contribution is 2.19. The van der Waals surface area contributed by atoms with Crippen molar-refractivity contribution in [2.24, 2.45) is 0 Å². The van der Waals surface area contributed by atoms with E-state index in [4.69, 9.17) is 11.6 Å². The number of hydrogen-bond donors (Lipinski definition) is 2. The molecule has 8 heteroatoms.